The number of nitrogens with zero attached hydrogens (tertiary/aromatic N) is 3. The Kier molecular flexibility index (Phi) is 15.8. The Labute approximate surface area is 395 Å². The van der Waals surface area contributed by atoms with E-state index in [0.29, 0.717) is 69.3 Å². The van der Waals surface area contributed by atoms with Crippen molar-refractivity contribution in [1.82, 2.24) is 20.0 Å². The van der Waals surface area contributed by atoms with Gasteiger partial charge in [-0.1, -0.05) is 29.6 Å². The Morgan fingerprint density at radius 1 is 0.864 bits per heavy atom. The molecule has 364 valence electrons. The molecule has 1 saturated carbocycles. The molecule has 0 spiro atoms. The first-order valence-electron chi connectivity index (χ1n) is 22.4. The molecule has 1 aliphatic carbocycles. The predicted octanol–water partition coefficient (Wildman–Crippen LogP) is 4.94. The summed E-state index contributed by atoms with van der Waals surface area (Å²) >= 11 is 2.47. The topological polar surface area (TPSA) is 209 Å². The number of benzene rings is 1. The fraction of sp³-hybridized carbons (Fsp3) is 0.682. The number of fused-ring (bicyclic) bond motifs is 3. The molecule has 22 heteroatoms. The highest BCUT2D eigenvalue weighted by Crippen LogP contribution is 2.67. The van der Waals surface area contributed by atoms with E-state index in [1.165, 1.54) is 39.8 Å². The van der Waals surface area contributed by atoms with Gasteiger partial charge in [-0.05, 0) is 95.2 Å². The van der Waals surface area contributed by atoms with Crippen molar-refractivity contribution in [3.63, 3.8) is 0 Å². The molecule has 0 bridgehead atoms. The predicted molar refractivity (Wildman–Crippen MR) is 245 cm³/mol. The molecule has 16 nitrogen and oxygen atoms in total. The molecular weight excluding hydrogens is 942 g/mol. The quantitative estimate of drug-likeness (QED) is 0.134. The van der Waals surface area contributed by atoms with E-state index in [1.54, 1.807) is 14.7 Å². The van der Waals surface area contributed by atoms with Gasteiger partial charge < -0.3 is 44.0 Å². The zero-order valence-electron chi connectivity index (χ0n) is 37.5. The summed E-state index contributed by atoms with van der Waals surface area (Å²) < 4.78 is 63.6. The van der Waals surface area contributed by atoms with Crippen LogP contribution in [0, 0.1) is 28.6 Å². The highest BCUT2D eigenvalue weighted by Gasteiger charge is 2.56. The number of aliphatic hydroxyl groups excluding tert-OH is 2. The van der Waals surface area contributed by atoms with Crippen LogP contribution < -0.4 is 5.32 Å². The second-order valence-corrected chi connectivity index (χ2v) is 24.3. The second kappa shape index (κ2) is 20.5. The Bertz CT molecular complexity index is 2200. The molecule has 5 aliphatic rings. The first kappa shape index (κ1) is 50.9. The van der Waals surface area contributed by atoms with Gasteiger partial charge in [0.2, 0.25) is 17.7 Å². The first-order valence-corrected chi connectivity index (χ1v) is 26.7. The smallest absolute Gasteiger partial charge is 0.395 e. The fourth-order valence-electron chi connectivity index (χ4n) is 8.73. The van der Waals surface area contributed by atoms with E-state index in [-0.39, 0.29) is 57.4 Å². The Balaban J connectivity index is 1.03. The Morgan fingerprint density at radius 2 is 1.47 bits per heavy atom. The van der Waals surface area contributed by atoms with Crippen LogP contribution >= 0.6 is 42.5 Å². The SMILES string of the molecule is CC(C)(CO)C(=O)SCCOP(=O)(OCCSC(=O)C(C)(C)CO)C(F)(F)c1ccc2sc(C(=O)N[C@H]3C[C@@H]4C[C@@H]4C[C@H]4CC[C@@H](C(=O)N5CC(C(=O)N6CCOCC6)C5)N4C3=O)cc2c1. The third kappa shape index (κ3) is 10.9. The van der Waals surface area contributed by atoms with Gasteiger partial charge in [-0.25, -0.2) is 0 Å². The number of halogens is 2. The highest BCUT2D eigenvalue weighted by molar-refractivity contribution is 8.14. The van der Waals surface area contributed by atoms with Crippen molar-refractivity contribution in [3.05, 3.63) is 34.7 Å². The van der Waals surface area contributed by atoms with Crippen LogP contribution in [0.25, 0.3) is 10.1 Å². The summed E-state index contributed by atoms with van der Waals surface area (Å²) in [5.41, 5.74) is -7.19. The maximum absolute atomic E-state index is 16.5. The summed E-state index contributed by atoms with van der Waals surface area (Å²) in [6.07, 6.45) is 3.24. The number of hydrogen-bond donors (Lipinski definition) is 3. The lowest BCUT2D eigenvalue weighted by molar-refractivity contribution is -0.156. The van der Waals surface area contributed by atoms with Gasteiger partial charge in [-0.3, -0.25) is 33.3 Å². The summed E-state index contributed by atoms with van der Waals surface area (Å²) in [5, 5.41) is 21.3. The summed E-state index contributed by atoms with van der Waals surface area (Å²) in [6, 6.07) is 3.13. The number of thioether (sulfide) groups is 2. The molecule has 5 fully saturated rings. The van der Waals surface area contributed by atoms with Gasteiger partial charge in [-0.15, -0.1) is 11.3 Å². The molecular formula is C44H59F2N4O12PS3. The first-order chi connectivity index (χ1) is 31.2. The number of hydrogen-bond acceptors (Lipinski definition) is 15. The molecule has 5 atom stereocenters. The molecule has 7 rings (SSSR count). The van der Waals surface area contributed by atoms with Crippen LogP contribution in [0.4, 0.5) is 8.78 Å². The number of amides is 4. The van der Waals surface area contributed by atoms with Crippen molar-refractivity contribution in [1.29, 1.82) is 0 Å². The van der Waals surface area contributed by atoms with Crippen LogP contribution in [0.3, 0.4) is 0 Å². The number of morpholine rings is 1. The summed E-state index contributed by atoms with van der Waals surface area (Å²) in [4.78, 5) is 85.6. The van der Waals surface area contributed by atoms with Crippen molar-refractivity contribution in [2.24, 2.45) is 28.6 Å². The number of aliphatic hydroxyl groups is 2. The summed E-state index contributed by atoms with van der Waals surface area (Å²) in [6.45, 7) is 6.61. The fourth-order valence-corrected chi connectivity index (χ4v) is 13.1. The number of rotatable bonds is 18. The zero-order valence-corrected chi connectivity index (χ0v) is 40.9. The number of carbonyl (C=O) groups is 6. The minimum Gasteiger partial charge on any atom is -0.395 e. The number of nitrogens with one attached hydrogen (secondary N) is 1. The maximum Gasteiger partial charge on any atom is 0.404 e. The highest BCUT2D eigenvalue weighted by atomic mass is 32.2. The van der Waals surface area contributed by atoms with Gasteiger partial charge in [0.25, 0.3) is 5.91 Å². The second-order valence-electron chi connectivity index (χ2n) is 19.0. The van der Waals surface area contributed by atoms with Crippen molar-refractivity contribution in [2.45, 2.75) is 83.6 Å². The molecule has 3 N–H and O–H groups in total. The molecule has 1 aromatic heterocycles. The molecule has 4 amide bonds. The molecule has 0 unspecified atom stereocenters. The summed E-state index contributed by atoms with van der Waals surface area (Å²) in [7, 11) is -5.38. The molecule has 1 aromatic carbocycles. The van der Waals surface area contributed by atoms with Crippen LogP contribution in [0.15, 0.2) is 24.3 Å². The van der Waals surface area contributed by atoms with E-state index < -0.39 is 84.3 Å². The van der Waals surface area contributed by atoms with E-state index in [4.69, 9.17) is 13.8 Å². The largest absolute Gasteiger partial charge is 0.404 e. The van der Waals surface area contributed by atoms with Crippen LogP contribution in [0.5, 0.6) is 0 Å². The van der Waals surface area contributed by atoms with Gasteiger partial charge in [0.05, 0.1) is 61.3 Å². The van der Waals surface area contributed by atoms with Gasteiger partial charge in [0.1, 0.15) is 12.1 Å². The zero-order chi connectivity index (χ0) is 47.8. The van der Waals surface area contributed by atoms with Crippen LogP contribution in [-0.2, 0) is 48.0 Å². The Morgan fingerprint density at radius 3 is 2.08 bits per heavy atom. The minimum atomic E-state index is -5.38. The van der Waals surface area contributed by atoms with Crippen LogP contribution in [-0.4, -0.2) is 154 Å². The van der Waals surface area contributed by atoms with E-state index >= 15 is 8.78 Å². The van der Waals surface area contributed by atoms with Crippen molar-refractivity contribution < 1.29 is 66.1 Å². The van der Waals surface area contributed by atoms with Gasteiger partial charge in [-0.2, -0.15) is 8.78 Å². The van der Waals surface area contributed by atoms with Crippen LogP contribution in [0.2, 0.25) is 0 Å². The number of alkyl halides is 2. The monoisotopic (exact) mass is 1000 g/mol. The van der Waals surface area contributed by atoms with E-state index in [9.17, 15) is 43.5 Å². The lowest BCUT2D eigenvalue weighted by Crippen LogP contribution is -2.62. The third-order valence-corrected chi connectivity index (χ3v) is 18.7. The van der Waals surface area contributed by atoms with E-state index in [1.807, 2.05) is 0 Å². The number of ether oxygens (including phenoxy) is 1. The number of likely N-dealkylation sites (tertiary alicyclic amines) is 1. The van der Waals surface area contributed by atoms with Gasteiger partial charge >= 0.3 is 13.3 Å². The van der Waals surface area contributed by atoms with Crippen molar-refractivity contribution in [3.8, 4) is 0 Å². The third-order valence-electron chi connectivity index (χ3n) is 13.2. The number of thiophene rings is 1. The normalized spacial score (nSPS) is 24.0. The summed E-state index contributed by atoms with van der Waals surface area (Å²) in [5.74, 6) is -1.16. The minimum absolute atomic E-state index is 0.00595. The van der Waals surface area contributed by atoms with Crippen molar-refractivity contribution >= 4 is 86.4 Å². The average Bonchev–Trinajstić information content (AvgIpc) is 3.62. The standard InChI is InChI=1S/C44H59F2N4O12PS3/c1-42(2,24-51)40(57)64-15-13-61-63(59,62-14-16-65-41(58)43(3,4)25-52)44(45,46)30-5-8-34-28(18-30)21-35(66-34)36(53)47-32-20-27-17-26(27)19-31-6-7-33(50(31)38(32)55)39(56)49-22-29(23-49)37(54)48-9-11-60-12-10-48/h5,8,18,21,26-27,29,31-33,51-52H,6-7,9-17,19-20,22-25H2,1-4H3,(H,47,53)/t26-,27+,31-,32+,33+/m1/s1. The van der Waals surface area contributed by atoms with E-state index in [0.717, 1.165) is 59.8 Å². The lowest BCUT2D eigenvalue weighted by Gasteiger charge is -2.44. The molecule has 2 aromatic rings. The Hall–Kier alpha value is -3.01. The van der Waals surface area contributed by atoms with Crippen LogP contribution in [0.1, 0.15) is 75.0 Å². The maximum atomic E-state index is 16.5. The van der Waals surface area contributed by atoms with E-state index in [2.05, 4.69) is 5.32 Å². The van der Waals surface area contributed by atoms with Crippen molar-refractivity contribution in [2.75, 3.05) is 77.3 Å². The molecule has 66 heavy (non-hydrogen) atoms. The molecule has 4 saturated heterocycles. The molecule has 0 radical (unpaired) electrons. The molecule has 5 heterocycles. The number of carbonyl (C=O) groups excluding carboxylic acids is 6. The lowest BCUT2D eigenvalue weighted by atomic mass is 9.96. The average molecular weight is 1000 g/mol. The van der Waals surface area contributed by atoms with Gasteiger partial charge in [0.15, 0.2) is 10.2 Å². The van der Waals surface area contributed by atoms with Gasteiger partial charge in [0, 0.05) is 54.0 Å². The molecule has 4 aliphatic heterocycles.